The van der Waals surface area contributed by atoms with Crippen molar-refractivity contribution in [3.05, 3.63) is 64.6 Å². The number of hydrogen-bond donors (Lipinski definition) is 1. The summed E-state index contributed by atoms with van der Waals surface area (Å²) in [6.07, 6.45) is -3.12. The molecule has 1 N–H and O–H groups in total. The average molecular weight is 394 g/mol. The Morgan fingerprint density at radius 3 is 2.56 bits per heavy atom. The Morgan fingerprint density at radius 1 is 1.11 bits per heavy atom. The molecule has 0 bridgehead atoms. The molecular weight excluding hydrogens is 383 g/mol. The van der Waals surface area contributed by atoms with Gasteiger partial charge in [0.05, 0.1) is 10.6 Å². The molecule has 138 valence electrons. The number of aromatic nitrogens is 4. The zero-order valence-electron chi connectivity index (χ0n) is 13.8. The van der Waals surface area contributed by atoms with Crippen LogP contribution in [-0.4, -0.2) is 25.8 Å². The lowest BCUT2D eigenvalue weighted by molar-refractivity contribution is -0.137. The van der Waals surface area contributed by atoms with Crippen LogP contribution in [0.1, 0.15) is 21.7 Å². The van der Waals surface area contributed by atoms with E-state index in [9.17, 15) is 18.0 Å². The largest absolute Gasteiger partial charge is 0.417 e. The van der Waals surface area contributed by atoms with Gasteiger partial charge in [-0.1, -0.05) is 17.7 Å². The first-order valence-corrected chi connectivity index (χ1v) is 7.94. The molecule has 27 heavy (non-hydrogen) atoms. The van der Waals surface area contributed by atoms with Crippen molar-refractivity contribution in [3.63, 3.8) is 0 Å². The van der Waals surface area contributed by atoms with Gasteiger partial charge in [-0.25, -0.2) is 4.98 Å². The molecule has 1 aromatic carbocycles. The molecule has 2 heterocycles. The number of anilines is 1. The first-order valence-electron chi connectivity index (χ1n) is 7.56. The van der Waals surface area contributed by atoms with E-state index in [1.807, 2.05) is 0 Å². The van der Waals surface area contributed by atoms with Gasteiger partial charge < -0.3 is 0 Å². The van der Waals surface area contributed by atoms with Crippen LogP contribution in [0.2, 0.25) is 5.02 Å². The Morgan fingerprint density at radius 2 is 1.89 bits per heavy atom. The molecule has 10 heteroatoms. The van der Waals surface area contributed by atoms with E-state index >= 15 is 0 Å². The van der Waals surface area contributed by atoms with E-state index in [-0.39, 0.29) is 17.3 Å². The molecule has 0 radical (unpaired) electrons. The summed E-state index contributed by atoms with van der Waals surface area (Å²) in [7, 11) is 0. The van der Waals surface area contributed by atoms with Crippen molar-refractivity contribution in [2.75, 3.05) is 5.32 Å². The molecule has 3 rings (SSSR count). The zero-order valence-corrected chi connectivity index (χ0v) is 14.5. The van der Waals surface area contributed by atoms with Crippen molar-refractivity contribution < 1.29 is 18.0 Å². The number of nitrogens with one attached hydrogen (secondary N) is 1. The number of pyridine rings is 1. The van der Waals surface area contributed by atoms with Gasteiger partial charge in [0.15, 0.2) is 5.82 Å². The predicted octanol–water partition coefficient (Wildman–Crippen LogP) is 4.17. The highest BCUT2D eigenvalue weighted by atomic mass is 35.5. The van der Waals surface area contributed by atoms with Gasteiger partial charge in [0.1, 0.15) is 11.5 Å². The van der Waals surface area contributed by atoms with Crippen LogP contribution in [0, 0.1) is 6.92 Å². The highest BCUT2D eigenvalue weighted by Crippen LogP contribution is 2.35. The Labute approximate surface area is 156 Å². The van der Waals surface area contributed by atoms with Crippen LogP contribution in [0.3, 0.4) is 0 Å². The number of nitrogens with zero attached hydrogens (tertiary/aromatic N) is 4. The highest BCUT2D eigenvalue weighted by molar-refractivity contribution is 6.31. The fraction of sp³-hybridized carbons (Fsp3) is 0.118. The Kier molecular flexibility index (Phi) is 5.04. The Balaban J connectivity index is 1.90. The van der Waals surface area contributed by atoms with E-state index < -0.39 is 22.7 Å². The molecule has 6 nitrogen and oxygen atoms in total. The normalized spacial score (nSPS) is 11.3. The lowest BCUT2D eigenvalue weighted by atomic mass is 10.1. The first kappa shape index (κ1) is 18.7. The lowest BCUT2D eigenvalue weighted by Gasteiger charge is -2.11. The second-order valence-electron chi connectivity index (χ2n) is 5.39. The quantitative estimate of drug-likeness (QED) is 0.722. The molecule has 0 aliphatic heterocycles. The summed E-state index contributed by atoms with van der Waals surface area (Å²) < 4.78 is 38.9. The lowest BCUT2D eigenvalue weighted by Crippen LogP contribution is -2.17. The summed E-state index contributed by atoms with van der Waals surface area (Å²) in [4.78, 5) is 28.7. The van der Waals surface area contributed by atoms with Gasteiger partial charge in [-0.15, -0.1) is 0 Å². The predicted molar refractivity (Wildman–Crippen MR) is 92.2 cm³/mol. The second kappa shape index (κ2) is 7.28. The molecule has 0 saturated carbocycles. The van der Waals surface area contributed by atoms with Gasteiger partial charge in [0.2, 0.25) is 5.95 Å². The summed E-state index contributed by atoms with van der Waals surface area (Å²) >= 11 is 5.56. The summed E-state index contributed by atoms with van der Waals surface area (Å²) in [5, 5.41) is 1.87. The van der Waals surface area contributed by atoms with Gasteiger partial charge in [0, 0.05) is 11.8 Å². The number of amides is 1. The molecular formula is C17H11ClF3N5O. The van der Waals surface area contributed by atoms with Crippen molar-refractivity contribution in [3.8, 4) is 11.5 Å². The minimum absolute atomic E-state index is 0.100. The fourth-order valence-corrected chi connectivity index (χ4v) is 2.43. The summed E-state index contributed by atoms with van der Waals surface area (Å²) in [6, 6.07) is 8.00. The van der Waals surface area contributed by atoms with Crippen LogP contribution >= 0.6 is 11.6 Å². The second-order valence-corrected chi connectivity index (χ2v) is 5.80. The van der Waals surface area contributed by atoms with Gasteiger partial charge in [-0.05, 0) is 37.3 Å². The zero-order chi connectivity index (χ0) is 19.6. The molecule has 0 aliphatic carbocycles. The van der Waals surface area contributed by atoms with Crippen molar-refractivity contribution in [2.45, 2.75) is 13.1 Å². The molecule has 0 aliphatic rings. The number of aryl methyl sites for hydroxylation is 1. The molecule has 2 aromatic heterocycles. The molecule has 1 amide bonds. The number of carbonyl (C=O) groups is 1. The standard InChI is InChI=1S/C17H11ClF3N5O/c1-9-23-14(13-4-2-3-7-22-13)25-16(24-9)26-15(27)10-5-6-12(18)11(8-10)17(19,20)21/h2-8H,1H3,(H,23,24,25,26,27). The van der Waals surface area contributed by atoms with Crippen molar-refractivity contribution in [1.82, 2.24) is 19.9 Å². The van der Waals surface area contributed by atoms with Gasteiger partial charge >= 0.3 is 6.18 Å². The van der Waals surface area contributed by atoms with E-state index in [0.29, 0.717) is 17.6 Å². The number of benzene rings is 1. The summed E-state index contributed by atoms with van der Waals surface area (Å²) in [5.41, 5.74) is -0.869. The van der Waals surface area contributed by atoms with Crippen LogP contribution in [0.5, 0.6) is 0 Å². The van der Waals surface area contributed by atoms with E-state index in [0.717, 1.165) is 6.07 Å². The molecule has 0 saturated heterocycles. The van der Waals surface area contributed by atoms with Crippen LogP contribution in [0.4, 0.5) is 19.1 Å². The van der Waals surface area contributed by atoms with Gasteiger partial charge in [-0.3, -0.25) is 15.1 Å². The summed E-state index contributed by atoms with van der Waals surface area (Å²) in [6.45, 7) is 1.59. The Hall–Kier alpha value is -3.07. The van der Waals surface area contributed by atoms with Crippen LogP contribution in [0.15, 0.2) is 42.6 Å². The third-order valence-corrected chi connectivity index (χ3v) is 3.73. The van der Waals surface area contributed by atoms with E-state index in [1.165, 1.54) is 6.07 Å². The molecule has 0 fully saturated rings. The van der Waals surface area contributed by atoms with Crippen molar-refractivity contribution in [2.24, 2.45) is 0 Å². The Bertz CT molecular complexity index is 996. The summed E-state index contributed by atoms with van der Waals surface area (Å²) in [5.74, 6) is -0.370. The maximum atomic E-state index is 13.0. The van der Waals surface area contributed by atoms with Crippen molar-refractivity contribution in [1.29, 1.82) is 0 Å². The SMILES string of the molecule is Cc1nc(NC(=O)c2ccc(Cl)c(C(F)(F)F)c2)nc(-c2ccccn2)n1. The minimum Gasteiger partial charge on any atom is -0.290 e. The highest BCUT2D eigenvalue weighted by Gasteiger charge is 2.33. The van der Waals surface area contributed by atoms with Crippen molar-refractivity contribution >= 4 is 23.5 Å². The van der Waals surface area contributed by atoms with E-state index in [4.69, 9.17) is 11.6 Å². The van der Waals surface area contributed by atoms with E-state index in [1.54, 1.807) is 31.3 Å². The third kappa shape index (κ3) is 4.37. The number of halogens is 4. The first-order chi connectivity index (χ1) is 12.7. The van der Waals surface area contributed by atoms with Gasteiger partial charge in [0.25, 0.3) is 5.91 Å². The van der Waals surface area contributed by atoms with Crippen LogP contribution in [-0.2, 0) is 6.18 Å². The number of hydrogen-bond acceptors (Lipinski definition) is 5. The number of carbonyl (C=O) groups excluding carboxylic acids is 1. The molecule has 0 unspecified atom stereocenters. The van der Waals surface area contributed by atoms with Crippen LogP contribution < -0.4 is 5.32 Å². The number of alkyl halides is 3. The van der Waals surface area contributed by atoms with Crippen LogP contribution in [0.25, 0.3) is 11.5 Å². The van der Waals surface area contributed by atoms with Gasteiger partial charge in [-0.2, -0.15) is 23.1 Å². The topological polar surface area (TPSA) is 80.7 Å². The maximum Gasteiger partial charge on any atom is 0.417 e. The van der Waals surface area contributed by atoms with E-state index in [2.05, 4.69) is 25.3 Å². The fourth-order valence-electron chi connectivity index (χ4n) is 2.20. The maximum absolute atomic E-state index is 13.0. The molecule has 0 spiro atoms. The minimum atomic E-state index is -4.68. The number of rotatable bonds is 3. The molecule has 3 aromatic rings. The monoisotopic (exact) mass is 393 g/mol. The average Bonchev–Trinajstić information content (AvgIpc) is 2.61. The third-order valence-electron chi connectivity index (χ3n) is 3.40. The molecule has 0 atom stereocenters. The smallest absolute Gasteiger partial charge is 0.290 e.